The Hall–Kier alpha value is -3.18. The lowest BCUT2D eigenvalue weighted by Crippen LogP contribution is -2.06. The molecule has 1 aromatic carbocycles. The fourth-order valence-corrected chi connectivity index (χ4v) is 3.27. The molecule has 0 bridgehead atoms. The number of pyridine rings is 2. The van der Waals surface area contributed by atoms with Crippen LogP contribution in [0.1, 0.15) is 21.7 Å². The maximum absolute atomic E-state index is 11.8. The highest BCUT2D eigenvalue weighted by Gasteiger charge is 2.17. The standard InChI is InChI=1S/C21H16ClN3O2/c1-27-21(26)17-10-5-9-15(23-17)13-16-18-11-6-12-19(22)25(18)24-20(16)14-7-3-2-4-8-14/h2-12H,13H2,1H3. The van der Waals surface area contributed by atoms with E-state index >= 15 is 0 Å². The van der Waals surface area contributed by atoms with Gasteiger partial charge in [-0.05, 0) is 24.3 Å². The van der Waals surface area contributed by atoms with Crippen LogP contribution in [0.15, 0.2) is 66.7 Å². The van der Waals surface area contributed by atoms with Crippen molar-refractivity contribution in [2.24, 2.45) is 0 Å². The summed E-state index contributed by atoms with van der Waals surface area (Å²) < 4.78 is 6.50. The lowest BCUT2D eigenvalue weighted by Gasteiger charge is -2.05. The Morgan fingerprint density at radius 1 is 1.04 bits per heavy atom. The summed E-state index contributed by atoms with van der Waals surface area (Å²) in [6.07, 6.45) is 0.513. The second-order valence-corrected chi connectivity index (χ2v) is 6.41. The fourth-order valence-electron chi connectivity index (χ4n) is 3.07. The number of aromatic nitrogens is 3. The van der Waals surface area contributed by atoms with E-state index in [2.05, 4.69) is 4.98 Å². The van der Waals surface area contributed by atoms with Crippen LogP contribution in [0.5, 0.6) is 0 Å². The molecule has 0 saturated carbocycles. The second kappa shape index (κ2) is 7.21. The molecule has 0 aliphatic heterocycles. The van der Waals surface area contributed by atoms with E-state index < -0.39 is 5.97 Å². The molecule has 4 aromatic rings. The number of carbonyl (C=O) groups excluding carboxylic acids is 1. The van der Waals surface area contributed by atoms with Crippen molar-refractivity contribution in [3.63, 3.8) is 0 Å². The van der Waals surface area contributed by atoms with Crippen LogP contribution in [-0.4, -0.2) is 27.7 Å². The minimum absolute atomic E-state index is 0.283. The Kier molecular flexibility index (Phi) is 4.60. The first-order valence-corrected chi connectivity index (χ1v) is 8.81. The monoisotopic (exact) mass is 377 g/mol. The van der Waals surface area contributed by atoms with Gasteiger partial charge in [0.1, 0.15) is 10.8 Å². The minimum atomic E-state index is -0.456. The SMILES string of the molecule is COC(=O)c1cccc(Cc2c(-c3ccccc3)nn3c(Cl)cccc23)n1. The molecular formula is C21H16ClN3O2. The molecule has 0 atom stereocenters. The van der Waals surface area contributed by atoms with Gasteiger partial charge in [-0.25, -0.2) is 14.3 Å². The zero-order chi connectivity index (χ0) is 18.8. The van der Waals surface area contributed by atoms with Gasteiger partial charge in [0.15, 0.2) is 0 Å². The zero-order valence-corrected chi connectivity index (χ0v) is 15.3. The van der Waals surface area contributed by atoms with Crippen LogP contribution in [0.3, 0.4) is 0 Å². The number of nitrogens with zero attached hydrogens (tertiary/aromatic N) is 3. The van der Waals surface area contributed by atoms with Crippen molar-refractivity contribution in [1.82, 2.24) is 14.6 Å². The first-order valence-electron chi connectivity index (χ1n) is 8.43. The minimum Gasteiger partial charge on any atom is -0.464 e. The average Bonchev–Trinajstić information content (AvgIpc) is 3.08. The Bertz CT molecular complexity index is 1120. The molecule has 0 N–H and O–H groups in total. The van der Waals surface area contributed by atoms with Gasteiger partial charge in [0.05, 0.1) is 18.3 Å². The molecule has 0 amide bonds. The van der Waals surface area contributed by atoms with Crippen molar-refractivity contribution < 1.29 is 9.53 Å². The van der Waals surface area contributed by atoms with Crippen molar-refractivity contribution in [2.75, 3.05) is 7.11 Å². The van der Waals surface area contributed by atoms with Crippen LogP contribution in [-0.2, 0) is 11.2 Å². The highest BCUT2D eigenvalue weighted by molar-refractivity contribution is 6.29. The summed E-state index contributed by atoms with van der Waals surface area (Å²) in [5.74, 6) is -0.456. The molecule has 3 heterocycles. The van der Waals surface area contributed by atoms with Crippen molar-refractivity contribution >= 4 is 23.1 Å². The number of carbonyl (C=O) groups is 1. The van der Waals surface area contributed by atoms with Gasteiger partial charge < -0.3 is 4.74 Å². The Morgan fingerprint density at radius 3 is 2.59 bits per heavy atom. The maximum atomic E-state index is 11.8. The van der Waals surface area contributed by atoms with E-state index in [1.807, 2.05) is 48.5 Å². The van der Waals surface area contributed by atoms with Gasteiger partial charge in [-0.15, -0.1) is 0 Å². The van der Waals surface area contributed by atoms with E-state index in [1.54, 1.807) is 22.7 Å². The highest BCUT2D eigenvalue weighted by Crippen LogP contribution is 2.29. The third-order valence-electron chi connectivity index (χ3n) is 4.32. The number of esters is 1. The van der Waals surface area contributed by atoms with Gasteiger partial charge in [-0.3, -0.25) is 0 Å². The number of hydrogen-bond acceptors (Lipinski definition) is 4. The van der Waals surface area contributed by atoms with Crippen LogP contribution >= 0.6 is 11.6 Å². The van der Waals surface area contributed by atoms with Crippen LogP contribution in [0, 0.1) is 0 Å². The third kappa shape index (κ3) is 3.29. The van der Waals surface area contributed by atoms with E-state index in [9.17, 15) is 4.79 Å². The van der Waals surface area contributed by atoms with Crippen molar-refractivity contribution in [1.29, 1.82) is 0 Å². The van der Waals surface area contributed by atoms with Crippen LogP contribution in [0.4, 0.5) is 0 Å². The van der Waals surface area contributed by atoms with E-state index in [-0.39, 0.29) is 5.69 Å². The van der Waals surface area contributed by atoms with Gasteiger partial charge in [0.25, 0.3) is 0 Å². The molecule has 0 unspecified atom stereocenters. The molecule has 0 aliphatic carbocycles. The van der Waals surface area contributed by atoms with E-state index in [0.717, 1.165) is 28.0 Å². The molecule has 3 aromatic heterocycles. The number of halogens is 1. The summed E-state index contributed by atoms with van der Waals surface area (Å²) in [6, 6.07) is 20.9. The first kappa shape index (κ1) is 17.2. The molecule has 0 saturated heterocycles. The third-order valence-corrected chi connectivity index (χ3v) is 4.61. The maximum Gasteiger partial charge on any atom is 0.356 e. The molecule has 0 aliphatic rings. The van der Waals surface area contributed by atoms with E-state index in [4.69, 9.17) is 21.4 Å². The number of ether oxygens (including phenoxy) is 1. The molecule has 134 valence electrons. The second-order valence-electron chi connectivity index (χ2n) is 6.02. The largest absolute Gasteiger partial charge is 0.464 e. The molecule has 27 heavy (non-hydrogen) atoms. The Balaban J connectivity index is 1.86. The topological polar surface area (TPSA) is 56.5 Å². The smallest absolute Gasteiger partial charge is 0.356 e. The predicted molar refractivity (Wildman–Crippen MR) is 104 cm³/mol. The van der Waals surface area contributed by atoms with Crippen LogP contribution in [0.2, 0.25) is 5.15 Å². The summed E-state index contributed by atoms with van der Waals surface area (Å²) in [5.41, 5.74) is 4.78. The molecule has 5 nitrogen and oxygen atoms in total. The van der Waals surface area contributed by atoms with Crippen LogP contribution < -0.4 is 0 Å². The predicted octanol–water partition coefficient (Wildman–Crippen LogP) is 4.43. The summed E-state index contributed by atoms with van der Waals surface area (Å²) in [7, 11) is 1.34. The summed E-state index contributed by atoms with van der Waals surface area (Å²) >= 11 is 6.34. The van der Waals surface area contributed by atoms with Crippen molar-refractivity contribution in [3.8, 4) is 11.3 Å². The number of rotatable bonds is 4. The molecule has 0 radical (unpaired) electrons. The van der Waals surface area contributed by atoms with Gasteiger partial charge in [0.2, 0.25) is 0 Å². The molecule has 0 fully saturated rings. The van der Waals surface area contributed by atoms with Gasteiger partial charge in [-0.2, -0.15) is 5.10 Å². The molecule has 6 heteroatoms. The highest BCUT2D eigenvalue weighted by atomic mass is 35.5. The number of hydrogen-bond donors (Lipinski definition) is 0. The van der Waals surface area contributed by atoms with Crippen molar-refractivity contribution in [3.05, 3.63) is 88.8 Å². The Morgan fingerprint density at radius 2 is 1.81 bits per heavy atom. The molecular weight excluding hydrogens is 362 g/mol. The van der Waals surface area contributed by atoms with Crippen LogP contribution in [0.25, 0.3) is 16.8 Å². The average molecular weight is 378 g/mol. The normalized spacial score (nSPS) is 10.9. The number of benzene rings is 1. The van der Waals surface area contributed by atoms with E-state index in [0.29, 0.717) is 11.6 Å². The quantitative estimate of drug-likeness (QED) is 0.390. The fraction of sp³-hybridized carbons (Fsp3) is 0.0952. The van der Waals surface area contributed by atoms with Gasteiger partial charge in [0, 0.05) is 23.2 Å². The molecule has 4 rings (SSSR count). The summed E-state index contributed by atoms with van der Waals surface area (Å²) in [4.78, 5) is 16.2. The van der Waals surface area contributed by atoms with E-state index in [1.165, 1.54) is 7.11 Å². The first-order chi connectivity index (χ1) is 13.2. The number of fused-ring (bicyclic) bond motifs is 1. The van der Waals surface area contributed by atoms with Gasteiger partial charge >= 0.3 is 5.97 Å². The summed E-state index contributed by atoms with van der Waals surface area (Å²) in [6.45, 7) is 0. The zero-order valence-electron chi connectivity index (χ0n) is 14.6. The lowest BCUT2D eigenvalue weighted by atomic mass is 10.0. The van der Waals surface area contributed by atoms with Gasteiger partial charge in [-0.1, -0.05) is 54.1 Å². The summed E-state index contributed by atoms with van der Waals surface area (Å²) in [5, 5.41) is 5.25. The lowest BCUT2D eigenvalue weighted by molar-refractivity contribution is 0.0593. The molecule has 0 spiro atoms. The Labute approximate surface area is 161 Å². The van der Waals surface area contributed by atoms with Crippen molar-refractivity contribution in [2.45, 2.75) is 6.42 Å². The number of methoxy groups -OCH3 is 1.